The van der Waals surface area contributed by atoms with E-state index in [1.165, 1.54) is 0 Å². The fourth-order valence-electron chi connectivity index (χ4n) is 2.97. The lowest BCUT2D eigenvalue weighted by Gasteiger charge is -2.32. The van der Waals surface area contributed by atoms with Gasteiger partial charge >= 0.3 is 0 Å². The molecule has 3 atom stereocenters. The van der Waals surface area contributed by atoms with E-state index in [0.717, 1.165) is 30.1 Å². The predicted molar refractivity (Wildman–Crippen MR) is 81.6 cm³/mol. The van der Waals surface area contributed by atoms with Gasteiger partial charge in [0, 0.05) is 37.1 Å². The van der Waals surface area contributed by atoms with Crippen molar-refractivity contribution in [2.24, 2.45) is 5.73 Å². The standard InChI is InChI=1S/C15H22ClN3O/c1-10(17)15(13-5-3-4-6-14(13)16)19-8-7-12(9-19)18-11(2)20/h3-6,10,12,15H,7-9,17H2,1-2H3,(H,18,20). The smallest absolute Gasteiger partial charge is 0.217 e. The highest BCUT2D eigenvalue weighted by Crippen LogP contribution is 2.31. The number of carbonyl (C=O) groups is 1. The van der Waals surface area contributed by atoms with Crippen molar-refractivity contribution in [2.75, 3.05) is 13.1 Å². The van der Waals surface area contributed by atoms with Gasteiger partial charge in [-0.1, -0.05) is 29.8 Å². The van der Waals surface area contributed by atoms with Gasteiger partial charge in [-0.25, -0.2) is 0 Å². The van der Waals surface area contributed by atoms with Crippen LogP contribution in [0.4, 0.5) is 0 Å². The number of rotatable bonds is 4. The molecule has 1 saturated heterocycles. The van der Waals surface area contributed by atoms with Crippen LogP contribution in [0.5, 0.6) is 0 Å². The molecule has 3 N–H and O–H groups in total. The number of amides is 1. The maximum Gasteiger partial charge on any atom is 0.217 e. The third kappa shape index (κ3) is 3.51. The van der Waals surface area contributed by atoms with Crippen molar-refractivity contribution in [3.63, 3.8) is 0 Å². The van der Waals surface area contributed by atoms with Crippen LogP contribution in [-0.2, 0) is 4.79 Å². The minimum atomic E-state index is -0.0222. The first-order valence-electron chi connectivity index (χ1n) is 7.00. The van der Waals surface area contributed by atoms with E-state index < -0.39 is 0 Å². The van der Waals surface area contributed by atoms with Crippen molar-refractivity contribution in [1.82, 2.24) is 10.2 Å². The lowest BCUT2D eigenvalue weighted by molar-refractivity contribution is -0.119. The van der Waals surface area contributed by atoms with Gasteiger partial charge in [-0.15, -0.1) is 0 Å². The first-order chi connectivity index (χ1) is 9.49. The Kier molecular flexibility index (Phi) is 5.02. The van der Waals surface area contributed by atoms with Crippen molar-refractivity contribution in [3.8, 4) is 0 Å². The highest BCUT2D eigenvalue weighted by Gasteiger charge is 2.32. The van der Waals surface area contributed by atoms with Gasteiger partial charge in [-0.3, -0.25) is 9.69 Å². The molecule has 2 rings (SSSR count). The first-order valence-corrected chi connectivity index (χ1v) is 7.38. The zero-order valence-electron chi connectivity index (χ0n) is 12.0. The van der Waals surface area contributed by atoms with Crippen LogP contribution in [0.3, 0.4) is 0 Å². The summed E-state index contributed by atoms with van der Waals surface area (Å²) < 4.78 is 0. The Morgan fingerprint density at radius 3 is 2.80 bits per heavy atom. The highest BCUT2D eigenvalue weighted by atomic mass is 35.5. The Morgan fingerprint density at radius 2 is 2.20 bits per heavy atom. The molecule has 3 unspecified atom stereocenters. The predicted octanol–water partition coefficient (Wildman–Crippen LogP) is 1.94. The molecule has 1 aromatic carbocycles. The van der Waals surface area contributed by atoms with Gasteiger partial charge in [-0.2, -0.15) is 0 Å². The molecule has 1 aliphatic heterocycles. The second-order valence-corrected chi connectivity index (χ2v) is 5.91. The van der Waals surface area contributed by atoms with Crippen molar-refractivity contribution in [3.05, 3.63) is 34.9 Å². The molecule has 0 aliphatic carbocycles. The summed E-state index contributed by atoms with van der Waals surface area (Å²) in [5.41, 5.74) is 7.24. The monoisotopic (exact) mass is 295 g/mol. The van der Waals surface area contributed by atoms with Crippen LogP contribution in [0.2, 0.25) is 5.02 Å². The minimum Gasteiger partial charge on any atom is -0.352 e. The van der Waals surface area contributed by atoms with Gasteiger partial charge in [-0.05, 0) is 25.0 Å². The van der Waals surface area contributed by atoms with Crippen molar-refractivity contribution in [1.29, 1.82) is 0 Å². The molecular formula is C15H22ClN3O. The van der Waals surface area contributed by atoms with Crippen LogP contribution in [0, 0.1) is 0 Å². The van der Waals surface area contributed by atoms with E-state index in [4.69, 9.17) is 17.3 Å². The third-order valence-corrected chi connectivity index (χ3v) is 4.09. The van der Waals surface area contributed by atoms with Crippen molar-refractivity contribution in [2.45, 2.75) is 38.4 Å². The molecule has 4 nitrogen and oxygen atoms in total. The van der Waals surface area contributed by atoms with Crippen LogP contribution in [0.1, 0.15) is 31.9 Å². The van der Waals surface area contributed by atoms with E-state index in [9.17, 15) is 4.79 Å². The Labute approximate surface area is 125 Å². The summed E-state index contributed by atoms with van der Waals surface area (Å²) in [5, 5.41) is 3.73. The second-order valence-electron chi connectivity index (χ2n) is 5.51. The van der Waals surface area contributed by atoms with Crippen molar-refractivity contribution >= 4 is 17.5 Å². The number of halogens is 1. The fourth-order valence-corrected chi connectivity index (χ4v) is 3.22. The molecule has 5 heteroatoms. The SMILES string of the molecule is CC(=O)NC1CCN(C(c2ccccc2Cl)C(C)N)C1. The molecule has 0 aromatic heterocycles. The number of likely N-dealkylation sites (tertiary alicyclic amines) is 1. The summed E-state index contributed by atoms with van der Waals surface area (Å²) in [5.74, 6) is 0.0203. The summed E-state index contributed by atoms with van der Waals surface area (Å²) in [6.07, 6.45) is 0.952. The molecule has 20 heavy (non-hydrogen) atoms. The fraction of sp³-hybridized carbons (Fsp3) is 0.533. The van der Waals surface area contributed by atoms with Crippen LogP contribution < -0.4 is 11.1 Å². The normalized spacial score (nSPS) is 22.5. The molecule has 0 bridgehead atoms. The average Bonchev–Trinajstić information content (AvgIpc) is 2.79. The third-order valence-electron chi connectivity index (χ3n) is 3.74. The maximum absolute atomic E-state index is 11.2. The molecule has 1 heterocycles. The Hall–Kier alpha value is -1.10. The van der Waals surface area contributed by atoms with Gasteiger partial charge in [0.05, 0.1) is 6.04 Å². The van der Waals surface area contributed by atoms with Crippen molar-refractivity contribution < 1.29 is 4.79 Å². The van der Waals surface area contributed by atoms with Gasteiger partial charge in [0.1, 0.15) is 0 Å². The van der Waals surface area contributed by atoms with Gasteiger partial charge in [0.15, 0.2) is 0 Å². The summed E-state index contributed by atoms with van der Waals surface area (Å²) in [6, 6.07) is 8.10. The molecule has 1 amide bonds. The van der Waals surface area contributed by atoms with Crippen LogP contribution >= 0.6 is 11.6 Å². The Balaban J connectivity index is 2.15. The number of nitrogens with two attached hydrogens (primary N) is 1. The summed E-state index contributed by atoms with van der Waals surface area (Å²) in [6.45, 7) is 5.29. The molecule has 0 spiro atoms. The number of nitrogens with zero attached hydrogens (tertiary/aromatic N) is 1. The number of benzene rings is 1. The summed E-state index contributed by atoms with van der Waals surface area (Å²) in [4.78, 5) is 13.5. The Morgan fingerprint density at radius 1 is 1.50 bits per heavy atom. The zero-order chi connectivity index (χ0) is 14.7. The molecule has 1 aliphatic rings. The minimum absolute atomic E-state index is 0.0203. The highest BCUT2D eigenvalue weighted by molar-refractivity contribution is 6.31. The van der Waals surface area contributed by atoms with E-state index >= 15 is 0 Å². The van der Waals surface area contributed by atoms with Gasteiger partial charge in [0.25, 0.3) is 0 Å². The molecule has 110 valence electrons. The summed E-state index contributed by atoms with van der Waals surface area (Å²) in [7, 11) is 0. The maximum atomic E-state index is 11.2. The second kappa shape index (κ2) is 6.57. The largest absolute Gasteiger partial charge is 0.352 e. The van der Waals surface area contributed by atoms with E-state index in [-0.39, 0.29) is 24.0 Å². The number of hydrogen-bond acceptors (Lipinski definition) is 3. The van der Waals surface area contributed by atoms with Crippen LogP contribution in [0.25, 0.3) is 0 Å². The van der Waals surface area contributed by atoms with Gasteiger partial charge < -0.3 is 11.1 Å². The topological polar surface area (TPSA) is 58.4 Å². The molecule has 1 aromatic rings. The first kappa shape index (κ1) is 15.3. The Bertz CT molecular complexity index is 478. The van der Waals surface area contributed by atoms with Crippen LogP contribution in [-0.4, -0.2) is 36.0 Å². The quantitative estimate of drug-likeness (QED) is 0.892. The van der Waals surface area contributed by atoms with E-state index in [1.807, 2.05) is 31.2 Å². The van der Waals surface area contributed by atoms with Crippen LogP contribution in [0.15, 0.2) is 24.3 Å². The lowest BCUT2D eigenvalue weighted by Crippen LogP contribution is -2.41. The molecule has 0 saturated carbocycles. The number of carbonyl (C=O) groups excluding carboxylic acids is 1. The van der Waals surface area contributed by atoms with Gasteiger partial charge in [0.2, 0.25) is 5.91 Å². The average molecular weight is 296 g/mol. The van der Waals surface area contributed by atoms with E-state index in [0.29, 0.717) is 0 Å². The lowest BCUT2D eigenvalue weighted by atomic mass is 9.99. The number of hydrogen-bond donors (Lipinski definition) is 2. The molecular weight excluding hydrogens is 274 g/mol. The molecule has 1 fully saturated rings. The molecule has 0 radical (unpaired) electrons. The summed E-state index contributed by atoms with van der Waals surface area (Å²) >= 11 is 6.31. The number of nitrogens with one attached hydrogen (secondary N) is 1. The van der Waals surface area contributed by atoms with E-state index in [2.05, 4.69) is 10.2 Å². The zero-order valence-corrected chi connectivity index (χ0v) is 12.7. The van der Waals surface area contributed by atoms with E-state index in [1.54, 1.807) is 6.92 Å².